The second kappa shape index (κ2) is 10.2. The molecule has 1 aliphatic rings. The molecule has 0 saturated carbocycles. The predicted molar refractivity (Wildman–Crippen MR) is 145 cm³/mol. The third-order valence-electron chi connectivity index (χ3n) is 6.01. The van der Waals surface area contributed by atoms with Crippen molar-refractivity contribution in [2.75, 3.05) is 22.6 Å². The molecule has 2 N–H and O–H groups in total. The first-order chi connectivity index (χ1) is 18.4. The van der Waals surface area contributed by atoms with Crippen LogP contribution in [0.4, 0.5) is 17.1 Å². The number of hydrogen-bond acceptors (Lipinski definition) is 6. The lowest BCUT2D eigenvalue weighted by molar-refractivity contribution is -0.120. The Morgan fingerprint density at radius 2 is 1.53 bits per heavy atom. The van der Waals surface area contributed by atoms with Gasteiger partial charge in [0.15, 0.2) is 0 Å². The van der Waals surface area contributed by atoms with Crippen LogP contribution in [0.25, 0.3) is 10.8 Å². The minimum Gasteiger partial charge on any atom is -0.465 e. The van der Waals surface area contributed by atoms with Gasteiger partial charge in [0.2, 0.25) is 0 Å². The van der Waals surface area contributed by atoms with E-state index in [9.17, 15) is 19.2 Å². The van der Waals surface area contributed by atoms with Gasteiger partial charge in [-0.15, -0.1) is 0 Å². The van der Waals surface area contributed by atoms with Gasteiger partial charge in [-0.1, -0.05) is 54.1 Å². The molecule has 0 fully saturated rings. The smallest absolute Gasteiger partial charge is 0.337 e. The molecule has 38 heavy (non-hydrogen) atoms. The SMILES string of the molecule is COC(=O)c1ccc(N2C(=O)C(Cl)=C(Nc3cccc(C(=O)Nc4cccc5ccccc45)c3)C2=O)cc1. The maximum Gasteiger partial charge on any atom is 0.337 e. The van der Waals surface area contributed by atoms with Gasteiger partial charge >= 0.3 is 5.97 Å². The number of imide groups is 1. The van der Waals surface area contributed by atoms with Crippen molar-refractivity contribution in [3.8, 4) is 0 Å². The van der Waals surface area contributed by atoms with E-state index in [-0.39, 0.29) is 27.9 Å². The summed E-state index contributed by atoms with van der Waals surface area (Å²) in [6.07, 6.45) is 0. The number of rotatable bonds is 6. The molecule has 0 aromatic heterocycles. The summed E-state index contributed by atoms with van der Waals surface area (Å²) in [6.45, 7) is 0. The van der Waals surface area contributed by atoms with Gasteiger partial charge in [-0.25, -0.2) is 9.69 Å². The third kappa shape index (κ3) is 4.60. The summed E-state index contributed by atoms with van der Waals surface area (Å²) in [6, 6.07) is 25.6. The van der Waals surface area contributed by atoms with Crippen LogP contribution >= 0.6 is 11.6 Å². The summed E-state index contributed by atoms with van der Waals surface area (Å²) in [4.78, 5) is 51.5. The minimum absolute atomic E-state index is 0.125. The van der Waals surface area contributed by atoms with Gasteiger partial charge in [0.25, 0.3) is 17.7 Å². The highest BCUT2D eigenvalue weighted by molar-refractivity contribution is 6.53. The largest absolute Gasteiger partial charge is 0.465 e. The summed E-state index contributed by atoms with van der Waals surface area (Å²) in [5.41, 5.74) is 1.79. The van der Waals surface area contributed by atoms with Crippen molar-refractivity contribution in [2.45, 2.75) is 0 Å². The third-order valence-corrected chi connectivity index (χ3v) is 6.36. The number of nitrogens with one attached hydrogen (secondary N) is 2. The van der Waals surface area contributed by atoms with E-state index in [0.717, 1.165) is 15.7 Å². The van der Waals surface area contributed by atoms with E-state index in [1.54, 1.807) is 24.3 Å². The Morgan fingerprint density at radius 3 is 2.29 bits per heavy atom. The molecule has 1 heterocycles. The Labute approximate surface area is 222 Å². The molecule has 0 aliphatic carbocycles. The van der Waals surface area contributed by atoms with Gasteiger partial charge in [-0.2, -0.15) is 0 Å². The highest BCUT2D eigenvalue weighted by Gasteiger charge is 2.39. The van der Waals surface area contributed by atoms with Crippen LogP contribution in [0.15, 0.2) is 102 Å². The summed E-state index contributed by atoms with van der Waals surface area (Å²) < 4.78 is 4.67. The molecule has 0 saturated heterocycles. The van der Waals surface area contributed by atoms with Gasteiger partial charge in [0.1, 0.15) is 10.7 Å². The van der Waals surface area contributed by atoms with Crippen LogP contribution in [0.1, 0.15) is 20.7 Å². The molecule has 9 heteroatoms. The van der Waals surface area contributed by atoms with Gasteiger partial charge in [0.05, 0.1) is 18.4 Å². The number of carbonyl (C=O) groups is 4. The fraction of sp³-hybridized carbons (Fsp3) is 0.0345. The molecular weight excluding hydrogens is 506 g/mol. The molecule has 0 atom stereocenters. The average molecular weight is 526 g/mol. The Bertz CT molecular complexity index is 1640. The van der Waals surface area contributed by atoms with Crippen molar-refractivity contribution in [3.63, 3.8) is 0 Å². The van der Waals surface area contributed by atoms with Crippen LogP contribution in [-0.2, 0) is 14.3 Å². The first-order valence-electron chi connectivity index (χ1n) is 11.5. The summed E-state index contributed by atoms with van der Waals surface area (Å²) in [5.74, 6) is -2.27. The monoisotopic (exact) mass is 525 g/mol. The van der Waals surface area contributed by atoms with Gasteiger partial charge in [-0.3, -0.25) is 14.4 Å². The van der Waals surface area contributed by atoms with Crippen LogP contribution in [0, 0.1) is 0 Å². The normalized spacial score (nSPS) is 13.2. The number of methoxy groups -OCH3 is 1. The molecule has 1 aliphatic heterocycles. The fourth-order valence-electron chi connectivity index (χ4n) is 4.12. The molecule has 0 spiro atoms. The Kier molecular flexibility index (Phi) is 6.64. The van der Waals surface area contributed by atoms with Gasteiger partial charge in [-0.05, 0) is 53.9 Å². The van der Waals surface area contributed by atoms with Gasteiger partial charge in [0, 0.05) is 22.3 Å². The molecule has 8 nitrogen and oxygen atoms in total. The van der Waals surface area contributed by atoms with E-state index in [4.69, 9.17) is 11.6 Å². The molecule has 4 aromatic carbocycles. The Morgan fingerprint density at radius 1 is 0.816 bits per heavy atom. The lowest BCUT2D eigenvalue weighted by atomic mass is 10.1. The zero-order valence-electron chi connectivity index (χ0n) is 20.0. The van der Waals surface area contributed by atoms with Gasteiger partial charge < -0.3 is 15.4 Å². The number of fused-ring (bicyclic) bond motifs is 1. The summed E-state index contributed by atoms with van der Waals surface area (Å²) in [5, 5.41) is 7.41. The lowest BCUT2D eigenvalue weighted by Gasteiger charge is -2.15. The number of esters is 1. The average Bonchev–Trinajstić information content (AvgIpc) is 3.15. The first kappa shape index (κ1) is 24.7. The highest BCUT2D eigenvalue weighted by atomic mass is 35.5. The Hall–Kier alpha value is -4.95. The second-order valence-corrected chi connectivity index (χ2v) is 8.74. The van der Waals surface area contributed by atoms with Crippen molar-refractivity contribution in [3.05, 3.63) is 113 Å². The topological polar surface area (TPSA) is 105 Å². The number of hydrogen-bond donors (Lipinski definition) is 2. The standard InChI is InChI=1S/C29H20ClN3O5/c1-38-29(37)18-12-14-21(15-13-18)33-27(35)24(30)25(28(33)36)31-20-9-4-8-19(16-20)26(34)32-23-11-5-7-17-6-2-3-10-22(17)23/h2-16,31H,1H3,(H,32,34). The van der Waals surface area contributed by atoms with E-state index in [2.05, 4.69) is 15.4 Å². The van der Waals surface area contributed by atoms with Crippen LogP contribution in [0.5, 0.6) is 0 Å². The molecular formula is C29H20ClN3O5. The van der Waals surface area contributed by atoms with Crippen LogP contribution in [0.2, 0.25) is 0 Å². The predicted octanol–water partition coefficient (Wildman–Crippen LogP) is 5.31. The second-order valence-electron chi connectivity index (χ2n) is 8.36. The number of nitrogens with zero attached hydrogens (tertiary/aromatic N) is 1. The van der Waals surface area contributed by atoms with Crippen LogP contribution < -0.4 is 15.5 Å². The summed E-state index contributed by atoms with van der Waals surface area (Å²) >= 11 is 6.24. The quantitative estimate of drug-likeness (QED) is 0.261. The fourth-order valence-corrected chi connectivity index (χ4v) is 4.33. The van der Waals surface area contributed by atoms with Crippen LogP contribution in [0.3, 0.4) is 0 Å². The molecule has 0 bridgehead atoms. The molecule has 0 radical (unpaired) electrons. The zero-order valence-corrected chi connectivity index (χ0v) is 20.8. The number of ether oxygens (including phenoxy) is 1. The lowest BCUT2D eigenvalue weighted by Crippen LogP contribution is -2.32. The number of anilines is 3. The van der Waals surface area contributed by atoms with E-state index in [0.29, 0.717) is 16.9 Å². The van der Waals surface area contributed by atoms with E-state index in [1.165, 1.54) is 31.4 Å². The maximum atomic E-state index is 13.1. The number of halogens is 1. The summed E-state index contributed by atoms with van der Waals surface area (Å²) in [7, 11) is 1.26. The minimum atomic E-state index is -0.713. The number of amides is 3. The Balaban J connectivity index is 1.35. The molecule has 4 aromatic rings. The molecule has 3 amide bonds. The molecule has 188 valence electrons. The van der Waals surface area contributed by atoms with Crippen molar-refractivity contribution in [1.82, 2.24) is 0 Å². The number of benzene rings is 4. The van der Waals surface area contributed by atoms with E-state index >= 15 is 0 Å². The van der Waals surface area contributed by atoms with Crippen molar-refractivity contribution in [2.24, 2.45) is 0 Å². The van der Waals surface area contributed by atoms with E-state index in [1.807, 2.05) is 42.5 Å². The first-order valence-corrected chi connectivity index (χ1v) is 11.9. The van der Waals surface area contributed by atoms with Crippen LogP contribution in [-0.4, -0.2) is 30.8 Å². The highest BCUT2D eigenvalue weighted by Crippen LogP contribution is 2.31. The molecule has 5 rings (SSSR count). The van der Waals surface area contributed by atoms with Crippen molar-refractivity contribution in [1.29, 1.82) is 0 Å². The zero-order chi connectivity index (χ0) is 26.8. The molecule has 0 unspecified atom stereocenters. The maximum absolute atomic E-state index is 13.1. The number of carbonyl (C=O) groups excluding carboxylic acids is 4. The van der Waals surface area contributed by atoms with Crippen molar-refractivity contribution < 1.29 is 23.9 Å². The van der Waals surface area contributed by atoms with E-state index < -0.39 is 17.8 Å². The van der Waals surface area contributed by atoms with Crippen molar-refractivity contribution >= 4 is 63.1 Å².